The number of hydrogen-bond donors (Lipinski definition) is 3. The molecule has 4 rings (SSSR count). The Balaban J connectivity index is 1.42. The van der Waals surface area contributed by atoms with Gasteiger partial charge in [-0.05, 0) is 55.9 Å². The molecule has 3 aromatic rings. The largest absolute Gasteiger partial charge is 0.481 e. The molecule has 3 N–H and O–H groups in total. The monoisotopic (exact) mass is 408 g/mol. The van der Waals surface area contributed by atoms with E-state index >= 15 is 0 Å². The molecule has 1 amide bonds. The topological polar surface area (TPSA) is 119 Å². The van der Waals surface area contributed by atoms with Crippen molar-refractivity contribution in [1.82, 2.24) is 19.9 Å². The highest BCUT2D eigenvalue weighted by atomic mass is 16.4. The predicted molar refractivity (Wildman–Crippen MR) is 112 cm³/mol. The van der Waals surface area contributed by atoms with Crippen LogP contribution in [0.4, 0.5) is 0 Å². The minimum absolute atomic E-state index is 0.128. The van der Waals surface area contributed by atoms with Crippen molar-refractivity contribution in [3.63, 3.8) is 0 Å². The molecule has 156 valence electrons. The predicted octanol–water partition coefficient (Wildman–Crippen LogP) is 2.28. The molecule has 2 aromatic heterocycles. The van der Waals surface area contributed by atoms with Gasteiger partial charge in [-0.25, -0.2) is 4.98 Å². The number of carbonyl (C=O) groups is 2. The van der Waals surface area contributed by atoms with E-state index in [0.29, 0.717) is 48.2 Å². The van der Waals surface area contributed by atoms with E-state index in [9.17, 15) is 19.5 Å². The minimum atomic E-state index is -0.843. The van der Waals surface area contributed by atoms with Gasteiger partial charge in [0.2, 0.25) is 0 Å². The average Bonchev–Trinajstić information content (AvgIpc) is 3.15. The van der Waals surface area contributed by atoms with Crippen molar-refractivity contribution in [3.8, 4) is 0 Å². The molecule has 0 saturated carbocycles. The van der Waals surface area contributed by atoms with Crippen LogP contribution in [0.25, 0.3) is 11.0 Å². The first-order valence-corrected chi connectivity index (χ1v) is 10.1. The Morgan fingerprint density at radius 1 is 1.23 bits per heavy atom. The molecule has 8 heteroatoms. The van der Waals surface area contributed by atoms with E-state index in [4.69, 9.17) is 0 Å². The summed E-state index contributed by atoms with van der Waals surface area (Å²) in [6.45, 7) is 2.60. The van der Waals surface area contributed by atoms with E-state index in [-0.39, 0.29) is 18.0 Å². The number of aliphatic carboxylic acids is 1. The number of amides is 1. The number of piperidine rings is 1. The van der Waals surface area contributed by atoms with Gasteiger partial charge in [0.1, 0.15) is 11.5 Å². The lowest BCUT2D eigenvalue weighted by Gasteiger charge is -2.30. The van der Waals surface area contributed by atoms with E-state index in [2.05, 4.69) is 15.0 Å². The van der Waals surface area contributed by atoms with Crippen molar-refractivity contribution in [2.75, 3.05) is 13.1 Å². The van der Waals surface area contributed by atoms with Crippen LogP contribution >= 0.6 is 0 Å². The molecule has 8 nitrogen and oxygen atoms in total. The van der Waals surface area contributed by atoms with Crippen LogP contribution in [0.1, 0.15) is 40.2 Å². The van der Waals surface area contributed by atoms with E-state index in [1.165, 1.54) is 0 Å². The van der Waals surface area contributed by atoms with Gasteiger partial charge >= 0.3 is 5.97 Å². The molecule has 1 fully saturated rings. The fourth-order valence-electron chi connectivity index (χ4n) is 4.05. The maximum atomic E-state index is 12.7. The number of likely N-dealkylation sites (tertiary alicyclic amines) is 1. The normalized spacial score (nSPS) is 16.7. The highest BCUT2D eigenvalue weighted by Crippen LogP contribution is 2.20. The van der Waals surface area contributed by atoms with Crippen molar-refractivity contribution < 1.29 is 14.7 Å². The summed E-state index contributed by atoms with van der Waals surface area (Å²) in [5.74, 6) is -0.884. The Hall–Kier alpha value is -3.42. The second-order valence-electron chi connectivity index (χ2n) is 7.81. The fourth-order valence-corrected chi connectivity index (χ4v) is 4.05. The van der Waals surface area contributed by atoms with Crippen LogP contribution < -0.4 is 5.56 Å². The Bertz CT molecular complexity index is 1150. The van der Waals surface area contributed by atoms with Gasteiger partial charge in [0.15, 0.2) is 0 Å². The van der Waals surface area contributed by atoms with Crippen LogP contribution in [-0.4, -0.2) is 49.9 Å². The molecular formula is C22H24N4O4. The summed E-state index contributed by atoms with van der Waals surface area (Å²) in [6.07, 6.45) is 4.54. The first-order chi connectivity index (χ1) is 14.4. The Labute approximate surface area is 173 Å². The molecule has 0 aliphatic carbocycles. The number of carbonyl (C=O) groups excluding carboxylic acids is 1. The van der Waals surface area contributed by atoms with Crippen LogP contribution in [0.3, 0.4) is 0 Å². The number of carboxylic acid groups (broad SMARTS) is 1. The van der Waals surface area contributed by atoms with Gasteiger partial charge in [-0.1, -0.05) is 12.1 Å². The number of fused-ring (bicyclic) bond motifs is 1. The molecule has 1 atom stereocenters. The first kappa shape index (κ1) is 19.9. The van der Waals surface area contributed by atoms with Gasteiger partial charge in [0, 0.05) is 24.8 Å². The van der Waals surface area contributed by atoms with Crippen LogP contribution in [0.5, 0.6) is 0 Å². The highest BCUT2D eigenvalue weighted by Gasteiger charge is 2.28. The summed E-state index contributed by atoms with van der Waals surface area (Å²) >= 11 is 0. The molecule has 3 heterocycles. The molecule has 1 aliphatic rings. The van der Waals surface area contributed by atoms with Crippen LogP contribution in [0.15, 0.2) is 35.3 Å². The van der Waals surface area contributed by atoms with Crippen molar-refractivity contribution in [2.45, 2.75) is 32.6 Å². The SMILES string of the molecule is Cc1nc2[nH]cc(CCc3ccc(C(=O)N4CCCC(C(=O)O)C4)cc3)c2c(=O)[nH]1. The van der Waals surface area contributed by atoms with E-state index < -0.39 is 11.9 Å². The molecular weight excluding hydrogens is 384 g/mol. The van der Waals surface area contributed by atoms with Gasteiger partial charge in [0.05, 0.1) is 11.3 Å². The zero-order valence-electron chi connectivity index (χ0n) is 16.8. The Morgan fingerprint density at radius 2 is 2.00 bits per heavy atom. The molecule has 1 aromatic carbocycles. The standard InChI is InChI=1S/C22H24N4O4/c1-13-24-19-18(20(27)25-13)16(11-23-19)9-6-14-4-7-15(8-5-14)21(28)26-10-2-3-17(12-26)22(29)30/h4-5,7-8,11,17H,2-3,6,9-10,12H2,1H3,(H,29,30)(H2,23,24,25,27). The summed E-state index contributed by atoms with van der Waals surface area (Å²) in [4.78, 5) is 47.9. The number of aromatic amines is 2. The van der Waals surface area contributed by atoms with Crippen molar-refractivity contribution in [3.05, 3.63) is 63.3 Å². The van der Waals surface area contributed by atoms with Gasteiger partial charge in [-0.3, -0.25) is 14.4 Å². The van der Waals surface area contributed by atoms with E-state index in [1.807, 2.05) is 18.3 Å². The first-order valence-electron chi connectivity index (χ1n) is 10.1. The number of H-pyrrole nitrogens is 2. The van der Waals surface area contributed by atoms with Gasteiger partial charge in [-0.2, -0.15) is 0 Å². The van der Waals surface area contributed by atoms with Crippen molar-refractivity contribution >= 4 is 22.9 Å². The van der Waals surface area contributed by atoms with Crippen LogP contribution in [0.2, 0.25) is 0 Å². The second kappa shape index (κ2) is 8.14. The number of aryl methyl sites for hydroxylation is 3. The zero-order chi connectivity index (χ0) is 21.3. The molecule has 1 aliphatic heterocycles. The van der Waals surface area contributed by atoms with Crippen LogP contribution in [0, 0.1) is 12.8 Å². The molecule has 1 saturated heterocycles. The molecule has 0 radical (unpaired) electrons. The summed E-state index contributed by atoms with van der Waals surface area (Å²) in [5.41, 5.74) is 2.98. The minimum Gasteiger partial charge on any atom is -0.481 e. The number of nitrogens with one attached hydrogen (secondary N) is 2. The third-order valence-corrected chi connectivity index (χ3v) is 5.68. The van der Waals surface area contributed by atoms with Crippen molar-refractivity contribution in [1.29, 1.82) is 0 Å². The molecule has 1 unspecified atom stereocenters. The highest BCUT2D eigenvalue weighted by molar-refractivity contribution is 5.94. The fraction of sp³-hybridized carbons (Fsp3) is 0.364. The third-order valence-electron chi connectivity index (χ3n) is 5.68. The maximum Gasteiger partial charge on any atom is 0.308 e. The number of carboxylic acids is 1. The zero-order valence-corrected chi connectivity index (χ0v) is 16.8. The van der Waals surface area contributed by atoms with E-state index in [1.54, 1.807) is 24.0 Å². The Morgan fingerprint density at radius 3 is 2.73 bits per heavy atom. The lowest BCUT2D eigenvalue weighted by Crippen LogP contribution is -2.42. The van der Waals surface area contributed by atoms with Gasteiger partial charge in [-0.15, -0.1) is 0 Å². The molecule has 0 spiro atoms. The summed E-state index contributed by atoms with van der Waals surface area (Å²) in [5, 5.41) is 9.80. The van der Waals surface area contributed by atoms with Crippen LogP contribution in [-0.2, 0) is 17.6 Å². The Kier molecular flexibility index (Phi) is 5.39. The molecule has 0 bridgehead atoms. The van der Waals surface area contributed by atoms with Crippen molar-refractivity contribution in [2.24, 2.45) is 5.92 Å². The quantitative estimate of drug-likeness (QED) is 0.598. The number of nitrogens with zero attached hydrogens (tertiary/aromatic N) is 2. The summed E-state index contributed by atoms with van der Waals surface area (Å²) in [6, 6.07) is 7.39. The number of hydrogen-bond acceptors (Lipinski definition) is 4. The third kappa shape index (κ3) is 3.98. The lowest BCUT2D eigenvalue weighted by atomic mass is 9.97. The maximum absolute atomic E-state index is 12.7. The van der Waals surface area contributed by atoms with E-state index in [0.717, 1.165) is 17.5 Å². The summed E-state index contributed by atoms with van der Waals surface area (Å²) < 4.78 is 0. The summed E-state index contributed by atoms with van der Waals surface area (Å²) in [7, 11) is 0. The second-order valence-corrected chi connectivity index (χ2v) is 7.81. The number of benzene rings is 1. The number of aromatic nitrogens is 3. The van der Waals surface area contributed by atoms with Gasteiger partial charge < -0.3 is 20.0 Å². The average molecular weight is 408 g/mol. The lowest BCUT2D eigenvalue weighted by molar-refractivity contribution is -0.143. The molecule has 30 heavy (non-hydrogen) atoms. The van der Waals surface area contributed by atoms with Gasteiger partial charge in [0.25, 0.3) is 11.5 Å². The number of rotatable bonds is 5. The smallest absolute Gasteiger partial charge is 0.308 e.